The number of nitrogens with one attached hydrogen (secondary N) is 1. The topological polar surface area (TPSA) is 69.7 Å². The summed E-state index contributed by atoms with van der Waals surface area (Å²) >= 11 is 6.10. The Bertz CT molecular complexity index is 672. The highest BCUT2D eigenvalue weighted by Gasteiger charge is 2.19. The van der Waals surface area contributed by atoms with Crippen LogP contribution in [0.2, 0.25) is 5.02 Å². The van der Waals surface area contributed by atoms with Gasteiger partial charge in [-0.3, -0.25) is 4.79 Å². The smallest absolute Gasteiger partial charge is 0.242 e. The Hall–Kier alpha value is -1.15. The Morgan fingerprint density at radius 1 is 1.12 bits per heavy atom. The van der Waals surface area contributed by atoms with E-state index in [0.717, 1.165) is 30.2 Å². The largest absolute Gasteiger partial charge is 0.325 e. The highest BCUT2D eigenvalue weighted by molar-refractivity contribution is 7.89. The van der Waals surface area contributed by atoms with Crippen molar-refractivity contribution in [1.82, 2.24) is 9.21 Å². The number of anilines is 1. The second-order valence-corrected chi connectivity index (χ2v) is 8.63. The van der Waals surface area contributed by atoms with Gasteiger partial charge in [-0.25, -0.2) is 12.7 Å². The van der Waals surface area contributed by atoms with Gasteiger partial charge in [0.05, 0.1) is 15.6 Å². The highest BCUT2D eigenvalue weighted by atomic mass is 35.5. The van der Waals surface area contributed by atoms with Gasteiger partial charge in [-0.05, 0) is 44.1 Å². The Kier molecular flexibility index (Phi) is 8.85. The summed E-state index contributed by atoms with van der Waals surface area (Å²) in [5.74, 6) is -0.182. The van der Waals surface area contributed by atoms with Crippen LogP contribution in [-0.2, 0) is 14.8 Å². The van der Waals surface area contributed by atoms with Crippen LogP contribution in [0.4, 0.5) is 5.69 Å². The summed E-state index contributed by atoms with van der Waals surface area (Å²) in [5, 5.41) is 3.03. The molecular weight excluding hydrogens is 362 g/mol. The molecule has 1 amide bonds. The molecule has 0 heterocycles. The van der Waals surface area contributed by atoms with Crippen molar-refractivity contribution in [3.63, 3.8) is 0 Å². The van der Waals surface area contributed by atoms with Gasteiger partial charge in [0.2, 0.25) is 15.9 Å². The first-order valence-corrected chi connectivity index (χ1v) is 10.3. The fraction of sp³-hybridized carbons (Fsp3) is 0.588. The minimum absolute atomic E-state index is 0.0933. The molecule has 25 heavy (non-hydrogen) atoms. The zero-order chi connectivity index (χ0) is 19.0. The molecule has 1 rings (SSSR count). The van der Waals surface area contributed by atoms with Crippen LogP contribution < -0.4 is 5.32 Å². The first-order valence-electron chi connectivity index (χ1n) is 8.46. The van der Waals surface area contributed by atoms with E-state index >= 15 is 0 Å². The maximum atomic E-state index is 12.2. The third-order valence-electron chi connectivity index (χ3n) is 3.73. The second-order valence-electron chi connectivity index (χ2n) is 6.07. The number of benzene rings is 1. The minimum Gasteiger partial charge on any atom is -0.325 e. The van der Waals surface area contributed by atoms with Gasteiger partial charge in [0.1, 0.15) is 0 Å². The fourth-order valence-electron chi connectivity index (χ4n) is 2.41. The molecule has 0 atom stereocenters. The molecule has 0 aliphatic carbocycles. The molecule has 1 aromatic carbocycles. The van der Waals surface area contributed by atoms with Gasteiger partial charge >= 0.3 is 0 Å². The minimum atomic E-state index is -3.58. The van der Waals surface area contributed by atoms with Crippen molar-refractivity contribution in [2.24, 2.45) is 0 Å². The molecule has 8 heteroatoms. The van der Waals surface area contributed by atoms with Crippen molar-refractivity contribution in [2.45, 2.75) is 38.0 Å². The molecule has 6 nitrogen and oxygen atoms in total. The van der Waals surface area contributed by atoms with Crippen molar-refractivity contribution in [3.8, 4) is 0 Å². The highest BCUT2D eigenvalue weighted by Crippen LogP contribution is 2.26. The van der Waals surface area contributed by atoms with Gasteiger partial charge in [0.25, 0.3) is 0 Å². The standard InChI is InChI=1S/C17H28ClN3O3S/c1-5-10-21(11-6-2)12-9-17(22)19-16-13-14(7-8-15(16)18)25(23,24)20(3)4/h7-8,13H,5-6,9-12H2,1-4H3,(H,19,22). The van der Waals surface area contributed by atoms with Gasteiger partial charge in [-0.15, -0.1) is 0 Å². The van der Waals surface area contributed by atoms with Crippen molar-refractivity contribution in [2.75, 3.05) is 39.0 Å². The second kappa shape index (κ2) is 10.1. The summed E-state index contributed by atoms with van der Waals surface area (Å²) in [6, 6.07) is 4.30. The molecule has 1 N–H and O–H groups in total. The summed E-state index contributed by atoms with van der Waals surface area (Å²) in [6.07, 6.45) is 2.41. The molecule has 0 bridgehead atoms. The number of carbonyl (C=O) groups is 1. The summed E-state index contributed by atoms with van der Waals surface area (Å²) in [5.41, 5.74) is 0.312. The lowest BCUT2D eigenvalue weighted by Crippen LogP contribution is -2.29. The van der Waals surface area contributed by atoms with Gasteiger partial charge in [-0.2, -0.15) is 0 Å². The monoisotopic (exact) mass is 389 g/mol. The van der Waals surface area contributed by atoms with Gasteiger partial charge in [-0.1, -0.05) is 25.4 Å². The van der Waals surface area contributed by atoms with Crippen LogP contribution in [0.25, 0.3) is 0 Å². The number of halogens is 1. The van der Waals surface area contributed by atoms with Crippen LogP contribution in [0, 0.1) is 0 Å². The van der Waals surface area contributed by atoms with E-state index in [-0.39, 0.29) is 10.8 Å². The van der Waals surface area contributed by atoms with Gasteiger partial charge in [0, 0.05) is 27.1 Å². The molecule has 1 aromatic rings. The average molecular weight is 390 g/mol. The molecule has 0 unspecified atom stereocenters. The normalized spacial score (nSPS) is 12.0. The third-order valence-corrected chi connectivity index (χ3v) is 5.87. The first kappa shape index (κ1) is 21.9. The molecule has 0 saturated heterocycles. The predicted octanol–water partition coefficient (Wildman–Crippen LogP) is 3.04. The quantitative estimate of drug-likeness (QED) is 0.667. The molecule has 0 spiro atoms. The van der Waals surface area contributed by atoms with Crippen LogP contribution in [0.5, 0.6) is 0 Å². The maximum Gasteiger partial charge on any atom is 0.242 e. The molecule has 0 aliphatic heterocycles. The summed E-state index contributed by atoms with van der Waals surface area (Å²) in [4.78, 5) is 14.6. The summed E-state index contributed by atoms with van der Waals surface area (Å²) in [7, 11) is -0.664. The van der Waals surface area contributed by atoms with Gasteiger partial charge < -0.3 is 10.2 Å². The number of rotatable bonds is 10. The van der Waals surface area contributed by atoms with E-state index in [4.69, 9.17) is 11.6 Å². The van der Waals surface area contributed by atoms with E-state index in [2.05, 4.69) is 24.1 Å². The van der Waals surface area contributed by atoms with Crippen LogP contribution in [-0.4, -0.2) is 57.3 Å². The zero-order valence-electron chi connectivity index (χ0n) is 15.4. The van der Waals surface area contributed by atoms with Crippen molar-refractivity contribution < 1.29 is 13.2 Å². The van der Waals surface area contributed by atoms with Crippen LogP contribution in [0.3, 0.4) is 0 Å². The molecule has 0 fully saturated rings. The molecule has 142 valence electrons. The molecular formula is C17H28ClN3O3S. The fourth-order valence-corrected chi connectivity index (χ4v) is 3.50. The number of sulfonamides is 1. The molecule has 0 aliphatic rings. The Balaban J connectivity index is 2.80. The predicted molar refractivity (Wildman–Crippen MR) is 103 cm³/mol. The average Bonchev–Trinajstić information content (AvgIpc) is 2.54. The Morgan fingerprint density at radius 3 is 2.24 bits per heavy atom. The first-order chi connectivity index (χ1) is 11.7. The van der Waals surface area contributed by atoms with E-state index in [1.165, 1.54) is 32.3 Å². The van der Waals surface area contributed by atoms with E-state index in [1.54, 1.807) is 0 Å². The number of amides is 1. The number of carbonyl (C=O) groups excluding carboxylic acids is 1. The maximum absolute atomic E-state index is 12.2. The van der Waals surface area contributed by atoms with Crippen LogP contribution >= 0.6 is 11.6 Å². The summed E-state index contributed by atoms with van der Waals surface area (Å²) in [6.45, 7) is 6.80. The van der Waals surface area contributed by atoms with E-state index in [0.29, 0.717) is 23.7 Å². The zero-order valence-corrected chi connectivity index (χ0v) is 17.0. The molecule has 0 saturated carbocycles. The lowest BCUT2D eigenvalue weighted by atomic mass is 10.2. The van der Waals surface area contributed by atoms with E-state index in [9.17, 15) is 13.2 Å². The van der Waals surface area contributed by atoms with E-state index in [1.807, 2.05) is 0 Å². The van der Waals surface area contributed by atoms with Crippen LogP contribution in [0.15, 0.2) is 23.1 Å². The van der Waals surface area contributed by atoms with E-state index < -0.39 is 10.0 Å². The van der Waals surface area contributed by atoms with Crippen LogP contribution in [0.1, 0.15) is 33.1 Å². The SMILES string of the molecule is CCCN(CCC)CCC(=O)Nc1cc(S(=O)(=O)N(C)C)ccc1Cl. The van der Waals surface area contributed by atoms with Crippen molar-refractivity contribution in [1.29, 1.82) is 0 Å². The number of hydrogen-bond donors (Lipinski definition) is 1. The summed E-state index contributed by atoms with van der Waals surface area (Å²) < 4.78 is 25.5. The number of nitrogens with zero attached hydrogens (tertiary/aromatic N) is 2. The Morgan fingerprint density at radius 2 is 1.72 bits per heavy atom. The lowest BCUT2D eigenvalue weighted by Gasteiger charge is -2.20. The lowest BCUT2D eigenvalue weighted by molar-refractivity contribution is -0.116. The Labute approximate surface area is 156 Å². The van der Waals surface area contributed by atoms with Crippen molar-refractivity contribution >= 4 is 33.2 Å². The van der Waals surface area contributed by atoms with Gasteiger partial charge in [0.15, 0.2) is 0 Å². The van der Waals surface area contributed by atoms with Crippen molar-refractivity contribution in [3.05, 3.63) is 23.2 Å². The molecule has 0 aromatic heterocycles. The molecule has 0 radical (unpaired) electrons. The third kappa shape index (κ3) is 6.58. The number of hydrogen-bond acceptors (Lipinski definition) is 4.